The Kier molecular flexibility index (Phi) is 4.05. The first-order chi connectivity index (χ1) is 9.27. The van der Waals surface area contributed by atoms with Crippen LogP contribution in [0.2, 0.25) is 0 Å². The molecule has 108 valence electrons. The molecule has 2 heterocycles. The molecule has 1 aliphatic rings. The second-order valence-electron chi connectivity index (χ2n) is 6.12. The van der Waals surface area contributed by atoms with Crippen LogP contribution in [-0.2, 0) is 15.9 Å². The second-order valence-corrected chi connectivity index (χ2v) is 6.12. The molecule has 0 radical (unpaired) electrons. The maximum absolute atomic E-state index is 9.26. The molecule has 0 amide bonds. The summed E-state index contributed by atoms with van der Waals surface area (Å²) in [6.07, 6.45) is 3.58. The molecule has 0 saturated carbocycles. The highest BCUT2D eigenvalue weighted by Gasteiger charge is 2.50. The quantitative estimate of drug-likeness (QED) is 0.861. The average molecular weight is 275 g/mol. The van der Waals surface area contributed by atoms with E-state index in [9.17, 15) is 5.11 Å². The van der Waals surface area contributed by atoms with Crippen molar-refractivity contribution < 1.29 is 14.4 Å². The molecule has 5 heteroatoms. The Labute approximate surface area is 121 Å². The molecule has 1 aromatic heterocycles. The zero-order valence-electron chi connectivity index (χ0n) is 12.8. The minimum absolute atomic E-state index is 0.0195. The van der Waals surface area contributed by atoms with E-state index in [0.717, 1.165) is 16.8 Å². The number of hydrogen-bond donors (Lipinski definition) is 1. The molecule has 0 aromatic carbocycles. The van der Waals surface area contributed by atoms with Gasteiger partial charge in [0.05, 0.1) is 23.5 Å². The predicted octanol–water partition coefficient (Wildman–Crippen LogP) is 2.53. The van der Waals surface area contributed by atoms with Crippen molar-refractivity contribution in [3.05, 3.63) is 35.1 Å². The van der Waals surface area contributed by atoms with Gasteiger partial charge in [0.15, 0.2) is 0 Å². The molecule has 20 heavy (non-hydrogen) atoms. The van der Waals surface area contributed by atoms with Crippen LogP contribution in [0.15, 0.2) is 18.2 Å². The minimum Gasteiger partial charge on any atom is -0.400 e. The lowest BCUT2D eigenvalue weighted by Crippen LogP contribution is -2.41. The number of aromatic nitrogens is 1. The third-order valence-corrected chi connectivity index (χ3v) is 4.21. The molecule has 0 aliphatic carbocycles. The van der Waals surface area contributed by atoms with Crippen molar-refractivity contribution in [1.29, 1.82) is 0 Å². The molecular formula is C15H22BNO3. The van der Waals surface area contributed by atoms with E-state index in [1.54, 1.807) is 6.20 Å². The summed E-state index contributed by atoms with van der Waals surface area (Å²) in [5.74, 6) is 1.87. The largest absolute Gasteiger partial charge is 0.487 e. The van der Waals surface area contributed by atoms with Crippen molar-refractivity contribution in [2.24, 2.45) is 0 Å². The zero-order valence-corrected chi connectivity index (χ0v) is 12.8. The van der Waals surface area contributed by atoms with Crippen molar-refractivity contribution in [1.82, 2.24) is 4.98 Å². The van der Waals surface area contributed by atoms with Gasteiger partial charge in [-0.2, -0.15) is 0 Å². The van der Waals surface area contributed by atoms with Crippen molar-refractivity contribution >= 4 is 13.2 Å². The summed E-state index contributed by atoms with van der Waals surface area (Å²) in [6, 6.07) is 1.82. The van der Waals surface area contributed by atoms with Gasteiger partial charge in [-0.05, 0) is 57.9 Å². The molecule has 1 aromatic rings. The molecule has 2 rings (SSSR count). The standard InChI is InChI=1S/C15H22BNO3/c1-11-12(10-18)7-9-17-13(11)6-8-16-19-14(2,3)15(4,5)20-16/h6-9,18H,10H2,1-5H3/b8-6+. The second kappa shape index (κ2) is 5.32. The lowest BCUT2D eigenvalue weighted by Gasteiger charge is -2.32. The van der Waals surface area contributed by atoms with Crippen LogP contribution in [0.3, 0.4) is 0 Å². The number of hydrogen-bond acceptors (Lipinski definition) is 4. The Hall–Kier alpha value is -1.17. The van der Waals surface area contributed by atoms with Crippen molar-refractivity contribution in [3.63, 3.8) is 0 Å². The van der Waals surface area contributed by atoms with Crippen LogP contribution in [0.5, 0.6) is 0 Å². The van der Waals surface area contributed by atoms with Crippen LogP contribution in [0.1, 0.15) is 44.5 Å². The highest BCUT2D eigenvalue weighted by Crippen LogP contribution is 2.37. The summed E-state index contributed by atoms with van der Waals surface area (Å²) >= 11 is 0. The molecule has 1 saturated heterocycles. The van der Waals surface area contributed by atoms with Crippen LogP contribution in [0.25, 0.3) is 6.08 Å². The molecule has 0 unspecified atom stereocenters. The summed E-state index contributed by atoms with van der Waals surface area (Å²) in [6.45, 7) is 10.1. The Morgan fingerprint density at radius 1 is 1.25 bits per heavy atom. The highest BCUT2D eigenvalue weighted by molar-refractivity contribution is 6.52. The Balaban J connectivity index is 2.16. The van der Waals surface area contributed by atoms with Crippen LogP contribution < -0.4 is 0 Å². The van der Waals surface area contributed by atoms with Gasteiger partial charge in [0, 0.05) is 6.20 Å². The monoisotopic (exact) mass is 275 g/mol. The third-order valence-electron chi connectivity index (χ3n) is 4.21. The predicted molar refractivity (Wildman–Crippen MR) is 80.0 cm³/mol. The zero-order chi connectivity index (χ0) is 15.0. The van der Waals surface area contributed by atoms with E-state index >= 15 is 0 Å². The molecule has 4 nitrogen and oxygen atoms in total. The van der Waals surface area contributed by atoms with E-state index in [-0.39, 0.29) is 24.9 Å². The average Bonchev–Trinajstić information content (AvgIpc) is 2.56. The van der Waals surface area contributed by atoms with Crippen LogP contribution in [0, 0.1) is 6.92 Å². The third kappa shape index (κ3) is 2.80. The molecule has 1 aliphatic heterocycles. The molecule has 1 N–H and O–H groups in total. The van der Waals surface area contributed by atoms with E-state index in [4.69, 9.17) is 9.31 Å². The molecule has 0 atom stereocenters. The first-order valence-corrected chi connectivity index (χ1v) is 6.86. The summed E-state index contributed by atoms with van der Waals surface area (Å²) < 4.78 is 11.8. The lowest BCUT2D eigenvalue weighted by atomic mass is 9.89. The summed E-state index contributed by atoms with van der Waals surface area (Å²) in [5.41, 5.74) is 2.01. The molecular weight excluding hydrogens is 253 g/mol. The van der Waals surface area contributed by atoms with E-state index in [1.807, 2.05) is 52.7 Å². The van der Waals surface area contributed by atoms with E-state index in [2.05, 4.69) is 4.98 Å². The summed E-state index contributed by atoms with van der Waals surface area (Å²) in [4.78, 5) is 4.31. The van der Waals surface area contributed by atoms with Gasteiger partial charge in [0.1, 0.15) is 0 Å². The van der Waals surface area contributed by atoms with Gasteiger partial charge in [0.25, 0.3) is 0 Å². The highest BCUT2D eigenvalue weighted by atomic mass is 16.7. The number of aliphatic hydroxyl groups is 1. The molecule has 0 spiro atoms. The maximum atomic E-state index is 9.26. The van der Waals surface area contributed by atoms with Gasteiger partial charge in [0.2, 0.25) is 0 Å². The first-order valence-electron chi connectivity index (χ1n) is 6.86. The van der Waals surface area contributed by atoms with Crippen LogP contribution in [-0.4, -0.2) is 28.4 Å². The van der Waals surface area contributed by atoms with Crippen molar-refractivity contribution in [2.45, 2.75) is 52.4 Å². The SMILES string of the molecule is Cc1c(CO)ccnc1/C=C/B1OC(C)(C)C(C)(C)O1. The lowest BCUT2D eigenvalue weighted by molar-refractivity contribution is 0.00578. The van der Waals surface area contributed by atoms with Crippen molar-refractivity contribution in [3.8, 4) is 0 Å². The number of rotatable bonds is 3. The summed E-state index contributed by atoms with van der Waals surface area (Å²) in [5, 5.41) is 9.26. The number of nitrogens with zero attached hydrogens (tertiary/aromatic N) is 1. The van der Waals surface area contributed by atoms with Gasteiger partial charge >= 0.3 is 7.12 Å². The van der Waals surface area contributed by atoms with Crippen LogP contribution >= 0.6 is 0 Å². The van der Waals surface area contributed by atoms with E-state index in [1.165, 1.54) is 0 Å². The number of aliphatic hydroxyl groups excluding tert-OH is 1. The minimum atomic E-state index is -0.376. The Morgan fingerprint density at radius 2 is 1.85 bits per heavy atom. The fraction of sp³-hybridized carbons (Fsp3) is 0.533. The van der Waals surface area contributed by atoms with E-state index < -0.39 is 0 Å². The fourth-order valence-electron chi connectivity index (χ4n) is 2.07. The number of pyridine rings is 1. The smallest absolute Gasteiger partial charge is 0.400 e. The molecule has 0 bridgehead atoms. The van der Waals surface area contributed by atoms with Gasteiger partial charge in [-0.3, -0.25) is 4.98 Å². The normalized spacial score (nSPS) is 20.8. The Morgan fingerprint density at radius 3 is 2.40 bits per heavy atom. The van der Waals surface area contributed by atoms with Crippen LogP contribution in [0.4, 0.5) is 0 Å². The van der Waals surface area contributed by atoms with Gasteiger partial charge in [-0.1, -0.05) is 5.98 Å². The van der Waals surface area contributed by atoms with Gasteiger partial charge in [-0.25, -0.2) is 0 Å². The molecule has 1 fully saturated rings. The van der Waals surface area contributed by atoms with E-state index in [0.29, 0.717) is 0 Å². The topological polar surface area (TPSA) is 51.6 Å². The summed E-state index contributed by atoms with van der Waals surface area (Å²) in [7, 11) is -0.376. The first kappa shape index (κ1) is 15.2. The van der Waals surface area contributed by atoms with Gasteiger partial charge in [-0.15, -0.1) is 0 Å². The Bertz CT molecular complexity index is 510. The maximum Gasteiger partial charge on any atom is 0.487 e. The van der Waals surface area contributed by atoms with Crippen molar-refractivity contribution in [2.75, 3.05) is 0 Å². The fourth-order valence-corrected chi connectivity index (χ4v) is 2.07. The van der Waals surface area contributed by atoms with Gasteiger partial charge < -0.3 is 14.4 Å².